The van der Waals surface area contributed by atoms with Crippen LogP contribution in [0.3, 0.4) is 0 Å². The van der Waals surface area contributed by atoms with Crippen LogP contribution in [0.15, 0.2) is 42.5 Å². The van der Waals surface area contributed by atoms with Crippen molar-refractivity contribution in [3.63, 3.8) is 0 Å². The van der Waals surface area contributed by atoms with E-state index in [9.17, 15) is 0 Å². The number of aromatic nitrogens is 4. The minimum atomic E-state index is 0.381. The van der Waals surface area contributed by atoms with Gasteiger partial charge in [-0.1, -0.05) is 0 Å². The average Bonchev–Trinajstić information content (AvgIpc) is 2.97. The molecule has 2 aromatic heterocycles. The van der Waals surface area contributed by atoms with Crippen LogP contribution in [0, 0.1) is 20.8 Å². The van der Waals surface area contributed by atoms with Crippen molar-refractivity contribution in [3.05, 3.63) is 59.4 Å². The number of hydrogen-bond donors (Lipinski definition) is 2. The summed E-state index contributed by atoms with van der Waals surface area (Å²) in [6, 6.07) is 13.5. The fourth-order valence-electron chi connectivity index (χ4n) is 3.17. The molecular formula is C21H22N6O. The highest BCUT2D eigenvalue weighted by Gasteiger charge is 2.14. The molecule has 0 aliphatic carbocycles. The van der Waals surface area contributed by atoms with E-state index in [4.69, 9.17) is 10.5 Å². The van der Waals surface area contributed by atoms with Gasteiger partial charge in [-0.2, -0.15) is 9.97 Å². The first-order valence-corrected chi connectivity index (χ1v) is 8.97. The lowest BCUT2D eigenvalue weighted by Gasteiger charge is -2.11. The highest BCUT2D eigenvalue weighted by molar-refractivity contribution is 5.80. The molecule has 2 aromatic carbocycles. The van der Waals surface area contributed by atoms with Crippen molar-refractivity contribution in [2.75, 3.05) is 18.2 Å². The van der Waals surface area contributed by atoms with Gasteiger partial charge in [0, 0.05) is 11.8 Å². The lowest BCUT2D eigenvalue weighted by molar-refractivity contribution is 0.415. The van der Waals surface area contributed by atoms with Crippen molar-refractivity contribution < 1.29 is 4.74 Å². The molecule has 4 aromatic rings. The number of imidazole rings is 1. The molecule has 0 bridgehead atoms. The first-order chi connectivity index (χ1) is 13.4. The van der Waals surface area contributed by atoms with Gasteiger partial charge in [-0.3, -0.25) is 4.57 Å². The molecule has 28 heavy (non-hydrogen) atoms. The lowest BCUT2D eigenvalue weighted by Crippen LogP contribution is -2.07. The third-order valence-corrected chi connectivity index (χ3v) is 4.75. The Kier molecular flexibility index (Phi) is 4.35. The summed E-state index contributed by atoms with van der Waals surface area (Å²) in [7, 11) is 1.64. The van der Waals surface area contributed by atoms with Crippen molar-refractivity contribution in [1.82, 2.24) is 19.5 Å². The molecule has 0 unspecified atom stereocenters. The first-order valence-electron chi connectivity index (χ1n) is 8.97. The van der Waals surface area contributed by atoms with Gasteiger partial charge in [-0.05, 0) is 68.3 Å². The van der Waals surface area contributed by atoms with Crippen molar-refractivity contribution in [3.8, 4) is 11.6 Å². The van der Waals surface area contributed by atoms with Crippen molar-refractivity contribution in [2.45, 2.75) is 20.8 Å². The Morgan fingerprint density at radius 2 is 1.64 bits per heavy atom. The summed E-state index contributed by atoms with van der Waals surface area (Å²) in [6.07, 6.45) is 0. The fraction of sp³-hybridized carbons (Fsp3) is 0.190. The van der Waals surface area contributed by atoms with Crippen LogP contribution < -0.4 is 15.8 Å². The number of anilines is 3. The van der Waals surface area contributed by atoms with Gasteiger partial charge in [0.15, 0.2) is 0 Å². The van der Waals surface area contributed by atoms with E-state index in [0.29, 0.717) is 17.6 Å². The highest BCUT2D eigenvalue weighted by Crippen LogP contribution is 2.25. The summed E-state index contributed by atoms with van der Waals surface area (Å²) < 4.78 is 7.19. The van der Waals surface area contributed by atoms with Crippen molar-refractivity contribution >= 4 is 28.5 Å². The molecule has 3 N–H and O–H groups in total. The Bertz CT molecular complexity index is 1160. The number of benzene rings is 2. The predicted molar refractivity (Wildman–Crippen MR) is 112 cm³/mol. The standard InChI is InChI=1S/C21H22N6O/c1-12-9-17-18(10-13(12)2)27(14(3)23-17)20-11-19(22)25-21(26-20)24-15-5-7-16(28-4)8-6-15/h5-11H,1-4H3,(H3,22,24,25,26). The molecule has 0 atom stereocenters. The largest absolute Gasteiger partial charge is 0.497 e. The third-order valence-electron chi connectivity index (χ3n) is 4.75. The molecule has 4 rings (SSSR count). The minimum absolute atomic E-state index is 0.381. The maximum absolute atomic E-state index is 6.07. The maximum Gasteiger partial charge on any atom is 0.231 e. The number of nitrogens with two attached hydrogens (primary N) is 1. The topological polar surface area (TPSA) is 90.9 Å². The summed E-state index contributed by atoms with van der Waals surface area (Å²) in [5.74, 6) is 3.10. The Hall–Kier alpha value is -3.61. The average molecular weight is 374 g/mol. The molecule has 0 radical (unpaired) electrons. The Morgan fingerprint density at radius 3 is 2.36 bits per heavy atom. The lowest BCUT2D eigenvalue weighted by atomic mass is 10.1. The van der Waals surface area contributed by atoms with E-state index in [1.807, 2.05) is 35.8 Å². The number of methoxy groups -OCH3 is 1. The van der Waals surface area contributed by atoms with Crippen molar-refractivity contribution in [1.29, 1.82) is 0 Å². The van der Waals surface area contributed by atoms with E-state index in [2.05, 4.69) is 46.2 Å². The van der Waals surface area contributed by atoms with Crippen LogP contribution in [0.25, 0.3) is 16.9 Å². The van der Waals surface area contributed by atoms with E-state index in [1.165, 1.54) is 11.1 Å². The van der Waals surface area contributed by atoms with E-state index in [0.717, 1.165) is 28.3 Å². The number of ether oxygens (including phenoxy) is 1. The number of nitrogen functional groups attached to an aromatic ring is 1. The van der Waals surface area contributed by atoms with E-state index in [-0.39, 0.29) is 0 Å². The molecule has 2 heterocycles. The van der Waals surface area contributed by atoms with Crippen LogP contribution in [0.4, 0.5) is 17.5 Å². The molecule has 0 saturated heterocycles. The van der Waals surface area contributed by atoms with Crippen LogP contribution in [0.1, 0.15) is 17.0 Å². The molecule has 0 saturated carbocycles. The van der Waals surface area contributed by atoms with Gasteiger partial charge in [-0.15, -0.1) is 0 Å². The number of hydrogen-bond acceptors (Lipinski definition) is 6. The molecule has 7 nitrogen and oxygen atoms in total. The zero-order chi connectivity index (χ0) is 19.8. The monoisotopic (exact) mass is 374 g/mol. The summed E-state index contributed by atoms with van der Waals surface area (Å²) in [5.41, 5.74) is 11.2. The summed E-state index contributed by atoms with van der Waals surface area (Å²) >= 11 is 0. The molecule has 142 valence electrons. The summed E-state index contributed by atoms with van der Waals surface area (Å²) in [6.45, 7) is 6.13. The zero-order valence-electron chi connectivity index (χ0n) is 16.3. The summed E-state index contributed by atoms with van der Waals surface area (Å²) in [4.78, 5) is 13.7. The van der Waals surface area contributed by atoms with E-state index >= 15 is 0 Å². The van der Waals surface area contributed by atoms with Crippen LogP contribution in [0.5, 0.6) is 5.75 Å². The van der Waals surface area contributed by atoms with E-state index in [1.54, 1.807) is 13.2 Å². The maximum atomic E-state index is 6.07. The van der Waals surface area contributed by atoms with Gasteiger partial charge in [0.1, 0.15) is 23.2 Å². The smallest absolute Gasteiger partial charge is 0.231 e. The molecular weight excluding hydrogens is 352 g/mol. The number of fused-ring (bicyclic) bond motifs is 1. The Balaban J connectivity index is 1.78. The number of aryl methyl sites for hydroxylation is 3. The van der Waals surface area contributed by atoms with Gasteiger partial charge < -0.3 is 15.8 Å². The van der Waals surface area contributed by atoms with Gasteiger partial charge in [0.25, 0.3) is 0 Å². The second-order valence-electron chi connectivity index (χ2n) is 6.75. The predicted octanol–water partition coefficient (Wildman–Crippen LogP) is 4.08. The normalized spacial score (nSPS) is 11.0. The van der Waals surface area contributed by atoms with E-state index < -0.39 is 0 Å². The van der Waals surface area contributed by atoms with Gasteiger partial charge >= 0.3 is 0 Å². The fourth-order valence-corrected chi connectivity index (χ4v) is 3.17. The van der Waals surface area contributed by atoms with Crippen LogP contribution >= 0.6 is 0 Å². The van der Waals surface area contributed by atoms with Gasteiger partial charge in [-0.25, -0.2) is 4.98 Å². The molecule has 0 aliphatic rings. The van der Waals surface area contributed by atoms with Crippen molar-refractivity contribution in [2.24, 2.45) is 0 Å². The number of nitrogens with zero attached hydrogens (tertiary/aromatic N) is 4. The third kappa shape index (κ3) is 3.22. The second-order valence-corrected chi connectivity index (χ2v) is 6.75. The molecule has 0 aliphatic heterocycles. The van der Waals surface area contributed by atoms with Gasteiger partial charge in [0.05, 0.1) is 18.1 Å². The second kappa shape index (κ2) is 6.84. The SMILES string of the molecule is COc1ccc(Nc2nc(N)cc(-n3c(C)nc4cc(C)c(C)cc43)n2)cc1. The van der Waals surface area contributed by atoms with Crippen LogP contribution in [0.2, 0.25) is 0 Å². The van der Waals surface area contributed by atoms with Gasteiger partial charge in [0.2, 0.25) is 5.95 Å². The zero-order valence-corrected chi connectivity index (χ0v) is 16.3. The Morgan fingerprint density at radius 1 is 0.929 bits per heavy atom. The summed E-state index contributed by atoms with van der Waals surface area (Å²) in [5, 5.41) is 3.19. The highest BCUT2D eigenvalue weighted by atomic mass is 16.5. The molecule has 0 amide bonds. The number of nitrogens with one attached hydrogen (secondary N) is 1. The van der Waals surface area contributed by atoms with Crippen LogP contribution in [-0.4, -0.2) is 26.6 Å². The number of rotatable bonds is 4. The quantitative estimate of drug-likeness (QED) is 0.559. The minimum Gasteiger partial charge on any atom is -0.497 e. The molecule has 7 heteroatoms. The van der Waals surface area contributed by atoms with Crippen LogP contribution in [-0.2, 0) is 0 Å². The molecule has 0 fully saturated rings. The molecule has 0 spiro atoms. The first kappa shape index (κ1) is 17.8. The Labute approximate surface area is 163 Å².